The van der Waals surface area contributed by atoms with Crippen molar-refractivity contribution >= 4 is 21.2 Å². The number of benzene rings is 2. The molecule has 0 aliphatic carbocycles. The van der Waals surface area contributed by atoms with E-state index in [1.54, 1.807) is 0 Å². The molecule has 0 unspecified atom stereocenters. The van der Waals surface area contributed by atoms with Gasteiger partial charge in [-0.3, -0.25) is 0 Å². The number of unbranched alkanes of at least 4 members (excludes halogenated alkanes) is 2. The summed E-state index contributed by atoms with van der Waals surface area (Å²) >= 11 is 0. The summed E-state index contributed by atoms with van der Waals surface area (Å²) in [6, 6.07) is 13.3. The molecule has 3 rings (SSSR count). The standard InChI is InChI=1S/C24H33NO3S/c1-4-6-13-24(14-7-5-2)17-25(20-11-9-8-10-12-20)21-15-19(3)22(26)16-23(21)29(27,28)18-24/h8-12,15-16,26H,4-7,13-14,17-18H2,1-3H3. The lowest BCUT2D eigenvalue weighted by atomic mass is 9.79. The number of phenols is 1. The maximum absolute atomic E-state index is 13.5. The first-order chi connectivity index (χ1) is 13.8. The molecule has 1 aliphatic rings. The van der Waals surface area contributed by atoms with Gasteiger partial charge in [0.25, 0.3) is 0 Å². The Labute approximate surface area is 175 Å². The quantitative estimate of drug-likeness (QED) is 0.603. The molecule has 0 aromatic heterocycles. The van der Waals surface area contributed by atoms with Crippen LogP contribution in [-0.2, 0) is 9.84 Å². The smallest absolute Gasteiger partial charge is 0.181 e. The van der Waals surface area contributed by atoms with Gasteiger partial charge in [-0.1, -0.05) is 57.7 Å². The molecule has 2 aromatic rings. The van der Waals surface area contributed by atoms with Crippen molar-refractivity contribution in [3.05, 3.63) is 48.0 Å². The van der Waals surface area contributed by atoms with Gasteiger partial charge in [0.2, 0.25) is 0 Å². The van der Waals surface area contributed by atoms with Crippen LogP contribution in [0.25, 0.3) is 0 Å². The number of rotatable bonds is 7. The summed E-state index contributed by atoms with van der Waals surface area (Å²) in [5.41, 5.74) is 2.06. The van der Waals surface area contributed by atoms with Crippen LogP contribution in [0.1, 0.15) is 57.9 Å². The van der Waals surface area contributed by atoms with Crippen molar-refractivity contribution < 1.29 is 13.5 Å². The summed E-state index contributed by atoms with van der Waals surface area (Å²) in [6.45, 7) is 6.80. The van der Waals surface area contributed by atoms with Crippen LogP contribution in [0.3, 0.4) is 0 Å². The molecule has 0 bridgehead atoms. The van der Waals surface area contributed by atoms with Crippen LogP contribution in [-0.4, -0.2) is 25.8 Å². The highest BCUT2D eigenvalue weighted by molar-refractivity contribution is 7.91. The normalized spacial score (nSPS) is 17.6. The fraction of sp³-hybridized carbons (Fsp3) is 0.500. The van der Waals surface area contributed by atoms with E-state index in [0.29, 0.717) is 17.8 Å². The lowest BCUT2D eigenvalue weighted by Gasteiger charge is -2.37. The van der Waals surface area contributed by atoms with Crippen LogP contribution in [0.5, 0.6) is 5.75 Å². The second-order valence-electron chi connectivity index (χ2n) is 8.49. The zero-order chi connectivity index (χ0) is 21.1. The number of fused-ring (bicyclic) bond motifs is 1. The monoisotopic (exact) mass is 415 g/mol. The first kappa shape index (κ1) is 21.7. The molecule has 2 aromatic carbocycles. The Morgan fingerprint density at radius 1 is 1.03 bits per heavy atom. The Balaban J connectivity index is 2.22. The van der Waals surface area contributed by atoms with Crippen LogP contribution >= 0.6 is 0 Å². The van der Waals surface area contributed by atoms with E-state index in [-0.39, 0.29) is 21.8 Å². The van der Waals surface area contributed by atoms with Gasteiger partial charge in [0, 0.05) is 23.7 Å². The van der Waals surface area contributed by atoms with Crippen LogP contribution in [0.2, 0.25) is 0 Å². The molecule has 0 fully saturated rings. The predicted molar refractivity (Wildman–Crippen MR) is 120 cm³/mol. The highest BCUT2D eigenvalue weighted by Crippen LogP contribution is 2.46. The number of nitrogens with zero attached hydrogens (tertiary/aromatic N) is 1. The molecule has 0 saturated carbocycles. The maximum Gasteiger partial charge on any atom is 0.181 e. The Kier molecular flexibility index (Phi) is 6.57. The van der Waals surface area contributed by atoms with Gasteiger partial charge >= 0.3 is 0 Å². The molecule has 0 saturated heterocycles. The molecule has 0 radical (unpaired) electrons. The molecule has 1 N–H and O–H groups in total. The number of sulfone groups is 1. The first-order valence-electron chi connectivity index (χ1n) is 10.7. The Hall–Kier alpha value is -2.01. The average Bonchev–Trinajstić information content (AvgIpc) is 2.79. The summed E-state index contributed by atoms with van der Waals surface area (Å²) < 4.78 is 27.1. The van der Waals surface area contributed by atoms with E-state index in [2.05, 4.69) is 18.7 Å². The number of para-hydroxylation sites is 1. The number of hydrogen-bond donors (Lipinski definition) is 1. The zero-order valence-electron chi connectivity index (χ0n) is 17.8. The molecular weight excluding hydrogens is 382 g/mol. The molecule has 158 valence electrons. The van der Waals surface area contributed by atoms with Gasteiger partial charge in [-0.25, -0.2) is 8.42 Å². The van der Waals surface area contributed by atoms with E-state index in [1.165, 1.54) is 6.07 Å². The van der Waals surface area contributed by atoms with Crippen LogP contribution in [0.15, 0.2) is 47.4 Å². The number of anilines is 2. The Bertz CT molecular complexity index is 930. The van der Waals surface area contributed by atoms with Crippen molar-refractivity contribution in [1.82, 2.24) is 0 Å². The van der Waals surface area contributed by atoms with Gasteiger partial charge in [-0.05, 0) is 43.5 Å². The molecule has 5 heteroatoms. The number of phenolic OH excluding ortho intramolecular Hbond substituents is 1. The van der Waals surface area contributed by atoms with Crippen molar-refractivity contribution in [1.29, 1.82) is 0 Å². The Morgan fingerprint density at radius 3 is 2.24 bits per heavy atom. The van der Waals surface area contributed by atoms with E-state index in [9.17, 15) is 13.5 Å². The van der Waals surface area contributed by atoms with Crippen molar-refractivity contribution in [3.8, 4) is 5.75 Å². The Morgan fingerprint density at radius 2 is 1.66 bits per heavy atom. The van der Waals surface area contributed by atoms with Gasteiger partial charge in [0.05, 0.1) is 16.3 Å². The lowest BCUT2D eigenvalue weighted by Crippen LogP contribution is -2.38. The summed E-state index contributed by atoms with van der Waals surface area (Å²) in [5, 5.41) is 10.3. The third-order valence-corrected chi connectivity index (χ3v) is 8.07. The van der Waals surface area contributed by atoms with Crippen molar-refractivity contribution in [2.24, 2.45) is 5.41 Å². The summed E-state index contributed by atoms with van der Waals surface area (Å²) in [5.74, 6) is 0.175. The first-order valence-corrected chi connectivity index (χ1v) is 12.4. The summed E-state index contributed by atoms with van der Waals surface area (Å²) in [6.07, 6.45) is 5.92. The van der Waals surface area contributed by atoms with E-state index in [1.807, 2.05) is 43.3 Å². The SMILES string of the molecule is CCCCC1(CCCC)CN(c2ccccc2)c2cc(C)c(O)cc2S(=O)(=O)C1. The average molecular weight is 416 g/mol. The minimum atomic E-state index is -3.53. The molecule has 29 heavy (non-hydrogen) atoms. The van der Waals surface area contributed by atoms with Gasteiger partial charge in [0.15, 0.2) is 9.84 Å². The molecule has 1 heterocycles. The maximum atomic E-state index is 13.5. The molecular formula is C24H33NO3S. The third kappa shape index (κ3) is 4.61. The second kappa shape index (κ2) is 8.78. The molecule has 0 amide bonds. The van der Waals surface area contributed by atoms with E-state index in [4.69, 9.17) is 0 Å². The molecule has 0 atom stereocenters. The minimum Gasteiger partial charge on any atom is -0.508 e. The van der Waals surface area contributed by atoms with Crippen LogP contribution in [0, 0.1) is 12.3 Å². The van der Waals surface area contributed by atoms with Gasteiger partial charge in [0.1, 0.15) is 5.75 Å². The van der Waals surface area contributed by atoms with Gasteiger partial charge in [-0.2, -0.15) is 0 Å². The third-order valence-electron chi connectivity index (χ3n) is 6.08. The largest absolute Gasteiger partial charge is 0.508 e. The zero-order valence-corrected chi connectivity index (χ0v) is 18.6. The van der Waals surface area contributed by atoms with Crippen molar-refractivity contribution in [2.75, 3.05) is 17.2 Å². The van der Waals surface area contributed by atoms with Gasteiger partial charge < -0.3 is 10.0 Å². The van der Waals surface area contributed by atoms with Crippen molar-refractivity contribution in [2.45, 2.75) is 64.2 Å². The lowest BCUT2D eigenvalue weighted by molar-refractivity contribution is 0.270. The highest BCUT2D eigenvalue weighted by Gasteiger charge is 2.42. The highest BCUT2D eigenvalue weighted by atomic mass is 32.2. The number of aromatic hydroxyl groups is 1. The fourth-order valence-corrected chi connectivity index (χ4v) is 6.56. The van der Waals surface area contributed by atoms with E-state index < -0.39 is 9.84 Å². The van der Waals surface area contributed by atoms with Crippen LogP contribution in [0.4, 0.5) is 11.4 Å². The molecule has 1 aliphatic heterocycles. The van der Waals surface area contributed by atoms with Crippen molar-refractivity contribution in [3.63, 3.8) is 0 Å². The van der Waals surface area contributed by atoms with Crippen LogP contribution < -0.4 is 4.90 Å². The summed E-state index contributed by atoms with van der Waals surface area (Å²) in [7, 11) is -3.53. The second-order valence-corrected chi connectivity index (χ2v) is 10.5. The van der Waals surface area contributed by atoms with E-state index >= 15 is 0 Å². The topological polar surface area (TPSA) is 57.6 Å². The molecule has 0 spiro atoms. The number of hydrogen-bond acceptors (Lipinski definition) is 4. The fourth-order valence-electron chi connectivity index (χ4n) is 4.44. The molecule has 4 nitrogen and oxygen atoms in total. The number of aryl methyl sites for hydroxylation is 1. The minimum absolute atomic E-state index is 0.0370. The predicted octanol–water partition coefficient (Wildman–Crippen LogP) is 5.99. The van der Waals surface area contributed by atoms with Gasteiger partial charge in [-0.15, -0.1) is 0 Å². The summed E-state index contributed by atoms with van der Waals surface area (Å²) in [4.78, 5) is 2.41. The van der Waals surface area contributed by atoms with E-state index in [0.717, 1.165) is 44.2 Å².